The highest BCUT2D eigenvalue weighted by atomic mass is 15.0. The van der Waals surface area contributed by atoms with Gasteiger partial charge in [-0.25, -0.2) is 9.97 Å². The number of pyridine rings is 1. The summed E-state index contributed by atoms with van der Waals surface area (Å²) in [4.78, 5) is 12.2. The first-order valence-electron chi connectivity index (χ1n) is 5.84. The smallest absolute Gasteiger partial charge is 0.177 e. The first-order chi connectivity index (χ1) is 7.83. The van der Waals surface area contributed by atoms with E-state index in [1.165, 1.54) is 12.0 Å². The van der Waals surface area contributed by atoms with E-state index < -0.39 is 0 Å². The van der Waals surface area contributed by atoms with Crippen molar-refractivity contribution >= 4 is 11.2 Å². The van der Waals surface area contributed by atoms with Crippen molar-refractivity contribution < 1.29 is 0 Å². The van der Waals surface area contributed by atoms with Crippen molar-refractivity contribution in [3.63, 3.8) is 0 Å². The van der Waals surface area contributed by atoms with Gasteiger partial charge in [0.1, 0.15) is 5.82 Å². The van der Waals surface area contributed by atoms with Crippen molar-refractivity contribution in [2.24, 2.45) is 5.92 Å². The van der Waals surface area contributed by atoms with Gasteiger partial charge < -0.3 is 10.3 Å². The van der Waals surface area contributed by atoms with Gasteiger partial charge in [-0.15, -0.1) is 0 Å². The molecule has 0 aromatic carbocycles. The van der Waals surface area contributed by atoms with E-state index in [1.54, 1.807) is 0 Å². The predicted molar refractivity (Wildman–Crippen MR) is 63.3 cm³/mol. The van der Waals surface area contributed by atoms with Crippen LogP contribution in [-0.4, -0.2) is 28.0 Å². The van der Waals surface area contributed by atoms with Crippen LogP contribution in [0.2, 0.25) is 0 Å². The van der Waals surface area contributed by atoms with Crippen molar-refractivity contribution in [2.75, 3.05) is 13.1 Å². The van der Waals surface area contributed by atoms with E-state index in [-0.39, 0.29) is 0 Å². The number of fused-ring (bicyclic) bond motifs is 1. The Bertz CT molecular complexity index is 497. The highest BCUT2D eigenvalue weighted by Crippen LogP contribution is 2.17. The summed E-state index contributed by atoms with van der Waals surface area (Å²) < 4.78 is 0. The number of aromatic nitrogens is 3. The molecule has 3 heterocycles. The lowest BCUT2D eigenvalue weighted by Gasteiger charge is -2.03. The zero-order valence-electron chi connectivity index (χ0n) is 9.45. The van der Waals surface area contributed by atoms with Crippen molar-refractivity contribution in [2.45, 2.75) is 19.8 Å². The van der Waals surface area contributed by atoms with Crippen LogP contribution in [-0.2, 0) is 6.42 Å². The lowest BCUT2D eigenvalue weighted by atomic mass is 10.1. The third-order valence-electron chi connectivity index (χ3n) is 3.29. The molecule has 1 atom stereocenters. The lowest BCUT2D eigenvalue weighted by molar-refractivity contribution is 0.565. The third-order valence-corrected chi connectivity index (χ3v) is 3.29. The molecule has 3 rings (SSSR count). The average Bonchev–Trinajstić information content (AvgIpc) is 2.88. The Balaban J connectivity index is 1.90. The van der Waals surface area contributed by atoms with Gasteiger partial charge in [-0.3, -0.25) is 0 Å². The van der Waals surface area contributed by atoms with E-state index in [0.29, 0.717) is 0 Å². The molecule has 4 heteroatoms. The van der Waals surface area contributed by atoms with Crippen LogP contribution in [0.15, 0.2) is 12.3 Å². The highest BCUT2D eigenvalue weighted by molar-refractivity contribution is 5.74. The molecule has 16 heavy (non-hydrogen) atoms. The van der Waals surface area contributed by atoms with Gasteiger partial charge in [0.15, 0.2) is 5.65 Å². The molecule has 84 valence electrons. The molecule has 0 aliphatic carbocycles. The molecule has 2 N–H and O–H groups in total. The van der Waals surface area contributed by atoms with Gasteiger partial charge in [0.05, 0.1) is 5.52 Å². The number of nitrogens with one attached hydrogen (secondary N) is 2. The minimum atomic E-state index is 0.723. The van der Waals surface area contributed by atoms with E-state index in [2.05, 4.69) is 27.2 Å². The fourth-order valence-corrected chi connectivity index (χ4v) is 2.34. The van der Waals surface area contributed by atoms with Crippen LogP contribution in [0.5, 0.6) is 0 Å². The zero-order chi connectivity index (χ0) is 11.0. The van der Waals surface area contributed by atoms with Gasteiger partial charge in [0.25, 0.3) is 0 Å². The van der Waals surface area contributed by atoms with E-state index in [0.717, 1.165) is 42.4 Å². The van der Waals surface area contributed by atoms with Crippen LogP contribution < -0.4 is 5.32 Å². The van der Waals surface area contributed by atoms with Gasteiger partial charge in [-0.2, -0.15) is 0 Å². The summed E-state index contributed by atoms with van der Waals surface area (Å²) in [5.41, 5.74) is 3.15. The molecule has 1 fully saturated rings. The van der Waals surface area contributed by atoms with E-state index >= 15 is 0 Å². The topological polar surface area (TPSA) is 53.6 Å². The van der Waals surface area contributed by atoms with Crippen molar-refractivity contribution in [3.8, 4) is 0 Å². The molecule has 0 radical (unpaired) electrons. The van der Waals surface area contributed by atoms with E-state index in [1.807, 2.05) is 12.3 Å². The number of nitrogens with zero attached hydrogens (tertiary/aromatic N) is 2. The number of H-pyrrole nitrogens is 1. The molecule has 1 aliphatic heterocycles. The van der Waals surface area contributed by atoms with Crippen LogP contribution in [0.3, 0.4) is 0 Å². The first-order valence-corrected chi connectivity index (χ1v) is 5.84. The molecule has 1 unspecified atom stereocenters. The van der Waals surface area contributed by atoms with Crippen LogP contribution in [0, 0.1) is 12.8 Å². The van der Waals surface area contributed by atoms with Crippen molar-refractivity contribution in [3.05, 3.63) is 23.7 Å². The second-order valence-corrected chi connectivity index (χ2v) is 4.57. The fourth-order valence-electron chi connectivity index (χ4n) is 2.34. The maximum Gasteiger partial charge on any atom is 0.177 e. The molecule has 0 amide bonds. The Morgan fingerprint density at radius 1 is 1.50 bits per heavy atom. The van der Waals surface area contributed by atoms with Gasteiger partial charge >= 0.3 is 0 Å². The van der Waals surface area contributed by atoms with E-state index in [4.69, 9.17) is 0 Å². The van der Waals surface area contributed by atoms with Crippen LogP contribution in [0.4, 0.5) is 0 Å². The molecular formula is C12H16N4. The average molecular weight is 216 g/mol. The number of hydrogen-bond acceptors (Lipinski definition) is 3. The number of rotatable bonds is 2. The van der Waals surface area contributed by atoms with Gasteiger partial charge in [-0.05, 0) is 44.0 Å². The van der Waals surface area contributed by atoms with Crippen LogP contribution in [0.25, 0.3) is 11.2 Å². The van der Waals surface area contributed by atoms with Gasteiger partial charge in [-0.1, -0.05) is 0 Å². The minimum absolute atomic E-state index is 0.723. The van der Waals surface area contributed by atoms with Crippen molar-refractivity contribution in [1.29, 1.82) is 0 Å². The second kappa shape index (κ2) is 3.87. The maximum absolute atomic E-state index is 4.54. The summed E-state index contributed by atoms with van der Waals surface area (Å²) >= 11 is 0. The number of imidazole rings is 1. The minimum Gasteiger partial charge on any atom is -0.340 e. The molecule has 1 aliphatic rings. The molecule has 0 saturated carbocycles. The van der Waals surface area contributed by atoms with Crippen molar-refractivity contribution in [1.82, 2.24) is 20.3 Å². The monoisotopic (exact) mass is 216 g/mol. The summed E-state index contributed by atoms with van der Waals surface area (Å²) in [6, 6.07) is 2.02. The quantitative estimate of drug-likeness (QED) is 0.798. The summed E-state index contributed by atoms with van der Waals surface area (Å²) in [7, 11) is 0. The summed E-state index contributed by atoms with van der Waals surface area (Å²) in [6.07, 6.45) is 4.10. The molecule has 2 aromatic heterocycles. The largest absolute Gasteiger partial charge is 0.340 e. The molecule has 1 saturated heterocycles. The van der Waals surface area contributed by atoms with Crippen LogP contribution >= 0.6 is 0 Å². The van der Waals surface area contributed by atoms with Crippen LogP contribution in [0.1, 0.15) is 17.8 Å². The molecule has 0 spiro atoms. The summed E-state index contributed by atoms with van der Waals surface area (Å²) in [6.45, 7) is 4.34. The second-order valence-electron chi connectivity index (χ2n) is 4.57. The molecule has 4 nitrogen and oxygen atoms in total. The number of aryl methyl sites for hydroxylation is 1. The molecule has 2 aromatic rings. The Morgan fingerprint density at radius 2 is 2.44 bits per heavy atom. The zero-order valence-corrected chi connectivity index (χ0v) is 9.45. The number of hydrogen-bond donors (Lipinski definition) is 2. The third kappa shape index (κ3) is 1.69. The Morgan fingerprint density at radius 3 is 3.19 bits per heavy atom. The first kappa shape index (κ1) is 9.78. The standard InChI is InChI=1S/C12H16N4/c1-8-2-5-14-12-11(8)15-10(16-12)6-9-3-4-13-7-9/h2,5,9,13H,3-4,6-7H2,1H3,(H,14,15,16). The normalized spacial score (nSPS) is 20.7. The Kier molecular flexibility index (Phi) is 2.36. The Labute approximate surface area is 94.5 Å². The maximum atomic E-state index is 4.54. The fraction of sp³-hybridized carbons (Fsp3) is 0.500. The number of aromatic amines is 1. The lowest BCUT2D eigenvalue weighted by Crippen LogP contribution is -2.11. The van der Waals surface area contributed by atoms with E-state index in [9.17, 15) is 0 Å². The molecular weight excluding hydrogens is 200 g/mol. The SMILES string of the molecule is Cc1ccnc2nc(CC3CCNC3)[nH]c12. The van der Waals surface area contributed by atoms with Gasteiger partial charge in [0.2, 0.25) is 0 Å². The molecule has 0 bridgehead atoms. The Hall–Kier alpha value is -1.42. The predicted octanol–water partition coefficient (Wildman–Crippen LogP) is 1.42. The van der Waals surface area contributed by atoms with Gasteiger partial charge in [0, 0.05) is 12.6 Å². The summed E-state index contributed by atoms with van der Waals surface area (Å²) in [5, 5.41) is 3.38. The summed E-state index contributed by atoms with van der Waals surface area (Å²) in [5.74, 6) is 1.80. The highest BCUT2D eigenvalue weighted by Gasteiger charge is 2.17.